The van der Waals surface area contributed by atoms with Crippen molar-refractivity contribution >= 4 is 17.3 Å². The highest BCUT2D eigenvalue weighted by Crippen LogP contribution is 2.23. The average molecular weight is 307 g/mol. The average Bonchev–Trinajstić information content (AvgIpc) is 3.18. The smallest absolute Gasteiger partial charge is 0.270 e. The fraction of sp³-hybridized carbons (Fsp3) is 0.357. The van der Waals surface area contributed by atoms with Gasteiger partial charge in [0.25, 0.3) is 5.69 Å². The number of hydrogen-bond acceptors (Lipinski definition) is 4. The second kappa shape index (κ2) is 5.83. The second-order valence-corrected chi connectivity index (χ2v) is 5.63. The predicted octanol–water partition coefficient (Wildman–Crippen LogP) is 2.75. The maximum absolute atomic E-state index is 10.7. The van der Waals surface area contributed by atoms with Gasteiger partial charge in [-0.3, -0.25) is 10.1 Å². The molecule has 1 aromatic heterocycles. The van der Waals surface area contributed by atoms with Gasteiger partial charge < -0.3 is 9.88 Å². The molecule has 1 aromatic carbocycles. The Morgan fingerprint density at radius 2 is 2.29 bits per heavy atom. The first-order valence-corrected chi connectivity index (χ1v) is 7.16. The molecule has 0 saturated heterocycles. The van der Waals surface area contributed by atoms with Crippen molar-refractivity contribution in [1.82, 2.24) is 14.9 Å². The van der Waals surface area contributed by atoms with Gasteiger partial charge in [0.15, 0.2) is 0 Å². The zero-order valence-corrected chi connectivity index (χ0v) is 12.1. The first-order chi connectivity index (χ1) is 10.1. The Bertz CT molecular complexity index is 667. The maximum atomic E-state index is 10.7. The maximum Gasteiger partial charge on any atom is 0.270 e. The number of imidazole rings is 1. The third-order valence-electron chi connectivity index (χ3n) is 3.44. The Hall–Kier alpha value is -1.92. The van der Waals surface area contributed by atoms with Gasteiger partial charge in [-0.2, -0.15) is 0 Å². The lowest BCUT2D eigenvalue weighted by atomic mass is 10.2. The van der Waals surface area contributed by atoms with Crippen LogP contribution in [-0.2, 0) is 13.1 Å². The molecule has 1 heterocycles. The van der Waals surface area contributed by atoms with E-state index in [2.05, 4.69) is 10.3 Å². The molecule has 0 amide bonds. The highest BCUT2D eigenvalue weighted by molar-refractivity contribution is 6.31. The van der Waals surface area contributed by atoms with Crippen LogP contribution in [0.15, 0.2) is 30.7 Å². The minimum Gasteiger partial charge on any atom is -0.333 e. The van der Waals surface area contributed by atoms with Crippen LogP contribution in [0.4, 0.5) is 5.69 Å². The zero-order chi connectivity index (χ0) is 14.8. The van der Waals surface area contributed by atoms with Crippen LogP contribution in [0.5, 0.6) is 0 Å². The molecule has 2 aromatic rings. The van der Waals surface area contributed by atoms with Gasteiger partial charge >= 0.3 is 0 Å². The molecule has 1 N–H and O–H groups in total. The quantitative estimate of drug-likeness (QED) is 0.658. The lowest BCUT2D eigenvalue weighted by Crippen LogP contribution is -2.15. The molecule has 0 spiro atoms. The van der Waals surface area contributed by atoms with Gasteiger partial charge in [-0.1, -0.05) is 11.6 Å². The predicted molar refractivity (Wildman–Crippen MR) is 79.3 cm³/mol. The molecule has 6 nitrogen and oxygen atoms in total. The van der Waals surface area contributed by atoms with Crippen molar-refractivity contribution in [2.75, 3.05) is 0 Å². The first kappa shape index (κ1) is 14.0. The third-order valence-corrected chi connectivity index (χ3v) is 3.79. The van der Waals surface area contributed by atoms with Crippen LogP contribution in [0.3, 0.4) is 0 Å². The summed E-state index contributed by atoms with van der Waals surface area (Å²) in [6.45, 7) is 1.32. The Labute approximate surface area is 126 Å². The van der Waals surface area contributed by atoms with Gasteiger partial charge in [0.1, 0.15) is 0 Å². The Morgan fingerprint density at radius 1 is 1.48 bits per heavy atom. The summed E-state index contributed by atoms with van der Waals surface area (Å²) in [6, 6.07) is 5.18. The molecule has 0 aliphatic heterocycles. The number of hydrogen-bond donors (Lipinski definition) is 1. The summed E-state index contributed by atoms with van der Waals surface area (Å²) in [5, 5.41) is 14.5. The van der Waals surface area contributed by atoms with Crippen LogP contribution in [-0.4, -0.2) is 20.5 Å². The van der Waals surface area contributed by atoms with Gasteiger partial charge in [-0.05, 0) is 24.5 Å². The van der Waals surface area contributed by atoms with Crippen LogP contribution in [0.25, 0.3) is 0 Å². The number of aromatic nitrogens is 2. The zero-order valence-electron chi connectivity index (χ0n) is 11.3. The van der Waals surface area contributed by atoms with E-state index >= 15 is 0 Å². The summed E-state index contributed by atoms with van der Waals surface area (Å²) in [7, 11) is 0. The van der Waals surface area contributed by atoms with E-state index in [1.54, 1.807) is 12.4 Å². The third kappa shape index (κ3) is 3.59. The normalized spacial score (nSPS) is 14.3. The van der Waals surface area contributed by atoms with Crippen LogP contribution < -0.4 is 5.32 Å². The molecule has 3 rings (SSSR count). The summed E-state index contributed by atoms with van der Waals surface area (Å²) >= 11 is 6.09. The monoisotopic (exact) mass is 306 g/mol. The number of nitro groups is 1. The molecular weight excluding hydrogens is 292 g/mol. The Balaban J connectivity index is 1.66. The standard InChI is InChI=1S/C14H15ClN4O2/c15-14-5-13(19(20)21)4-1-10(14)7-18-8-12(17-9-18)6-16-11-2-3-11/h1,4-5,8-9,11,16H,2-3,6-7H2. The first-order valence-electron chi connectivity index (χ1n) is 6.78. The SMILES string of the molecule is O=[N+]([O-])c1ccc(Cn2cnc(CNC3CC3)c2)c(Cl)c1. The minimum atomic E-state index is -0.450. The number of non-ortho nitro benzene ring substituents is 1. The fourth-order valence-corrected chi connectivity index (χ4v) is 2.33. The van der Waals surface area contributed by atoms with E-state index in [1.807, 2.05) is 10.8 Å². The summed E-state index contributed by atoms with van der Waals surface area (Å²) in [6.07, 6.45) is 6.22. The van der Waals surface area contributed by atoms with Crippen LogP contribution >= 0.6 is 11.6 Å². The number of nitro benzene ring substituents is 1. The largest absolute Gasteiger partial charge is 0.333 e. The number of halogens is 1. The van der Waals surface area contributed by atoms with Crippen molar-refractivity contribution in [3.05, 3.63) is 57.1 Å². The van der Waals surface area contributed by atoms with Crippen molar-refractivity contribution in [1.29, 1.82) is 0 Å². The molecule has 0 unspecified atom stereocenters. The van der Waals surface area contributed by atoms with Gasteiger partial charge in [-0.25, -0.2) is 4.98 Å². The topological polar surface area (TPSA) is 73.0 Å². The van der Waals surface area contributed by atoms with E-state index in [0.717, 1.165) is 17.8 Å². The Kier molecular flexibility index (Phi) is 3.90. The van der Waals surface area contributed by atoms with Gasteiger partial charge in [0.05, 0.1) is 22.0 Å². The van der Waals surface area contributed by atoms with E-state index in [0.29, 0.717) is 17.6 Å². The molecule has 0 bridgehead atoms. The van der Waals surface area contributed by atoms with Crippen molar-refractivity contribution in [3.63, 3.8) is 0 Å². The number of nitrogens with one attached hydrogen (secondary N) is 1. The Morgan fingerprint density at radius 3 is 2.95 bits per heavy atom. The van der Waals surface area contributed by atoms with Crippen LogP contribution in [0.2, 0.25) is 5.02 Å². The number of rotatable bonds is 6. The molecule has 0 radical (unpaired) electrons. The molecule has 21 heavy (non-hydrogen) atoms. The molecule has 1 aliphatic carbocycles. The van der Waals surface area contributed by atoms with Gasteiger partial charge in [0, 0.05) is 37.5 Å². The molecular formula is C14H15ClN4O2. The summed E-state index contributed by atoms with van der Waals surface area (Å²) < 4.78 is 1.93. The summed E-state index contributed by atoms with van der Waals surface area (Å²) in [5.74, 6) is 0. The summed E-state index contributed by atoms with van der Waals surface area (Å²) in [4.78, 5) is 14.6. The van der Waals surface area contributed by atoms with E-state index in [1.165, 1.54) is 25.0 Å². The number of benzene rings is 1. The fourth-order valence-electron chi connectivity index (χ4n) is 2.10. The minimum absolute atomic E-state index is 0.00343. The molecule has 0 atom stereocenters. The number of nitrogens with zero attached hydrogens (tertiary/aromatic N) is 3. The van der Waals surface area contributed by atoms with Crippen molar-refractivity contribution in [3.8, 4) is 0 Å². The highest BCUT2D eigenvalue weighted by Gasteiger charge is 2.20. The molecule has 1 saturated carbocycles. The van der Waals surface area contributed by atoms with E-state index < -0.39 is 4.92 Å². The molecule has 7 heteroatoms. The molecule has 1 aliphatic rings. The van der Waals surface area contributed by atoms with Gasteiger partial charge in [-0.15, -0.1) is 0 Å². The van der Waals surface area contributed by atoms with E-state index in [4.69, 9.17) is 11.6 Å². The van der Waals surface area contributed by atoms with E-state index in [-0.39, 0.29) is 5.69 Å². The van der Waals surface area contributed by atoms with Crippen LogP contribution in [0, 0.1) is 10.1 Å². The van der Waals surface area contributed by atoms with Crippen LogP contribution in [0.1, 0.15) is 24.1 Å². The van der Waals surface area contributed by atoms with Crippen molar-refractivity contribution < 1.29 is 4.92 Å². The highest BCUT2D eigenvalue weighted by atomic mass is 35.5. The van der Waals surface area contributed by atoms with E-state index in [9.17, 15) is 10.1 Å². The molecule has 1 fully saturated rings. The van der Waals surface area contributed by atoms with Gasteiger partial charge in [0.2, 0.25) is 0 Å². The second-order valence-electron chi connectivity index (χ2n) is 5.23. The lowest BCUT2D eigenvalue weighted by molar-refractivity contribution is -0.384. The van der Waals surface area contributed by atoms with Crippen molar-refractivity contribution in [2.24, 2.45) is 0 Å². The molecule has 110 valence electrons. The summed E-state index contributed by atoms with van der Waals surface area (Å²) in [5.41, 5.74) is 1.82. The van der Waals surface area contributed by atoms with Crippen molar-refractivity contribution in [2.45, 2.75) is 32.0 Å². The lowest BCUT2D eigenvalue weighted by Gasteiger charge is -2.05.